The van der Waals surface area contributed by atoms with Crippen LogP contribution >= 0.6 is 0 Å². The first-order valence-electron chi connectivity index (χ1n) is 13.6. The molecule has 0 bridgehead atoms. The van der Waals surface area contributed by atoms with Crippen LogP contribution in [0.3, 0.4) is 0 Å². The van der Waals surface area contributed by atoms with Crippen LogP contribution in [0.5, 0.6) is 0 Å². The van der Waals surface area contributed by atoms with E-state index < -0.39 is 34.8 Å². The average Bonchev–Trinajstić information content (AvgIpc) is 2.80. The molecular weight excluding hydrogens is 464 g/mol. The number of carbonyl (C=O) groups excluding carboxylic acids is 2. The summed E-state index contributed by atoms with van der Waals surface area (Å²) in [5, 5.41) is 20.7. The van der Waals surface area contributed by atoms with Crippen LogP contribution in [0.15, 0.2) is 69.6 Å². The molecule has 0 heterocycles. The summed E-state index contributed by atoms with van der Waals surface area (Å²) in [5.74, 6) is -4.14. The summed E-state index contributed by atoms with van der Waals surface area (Å²) in [6.07, 6.45) is 14.6. The van der Waals surface area contributed by atoms with E-state index in [1.165, 1.54) is 11.1 Å². The smallest absolute Gasteiger partial charge is 0.340 e. The highest BCUT2D eigenvalue weighted by Gasteiger charge is 2.42. The van der Waals surface area contributed by atoms with Gasteiger partial charge in [-0.15, -0.1) is 0 Å². The van der Waals surface area contributed by atoms with Crippen molar-refractivity contribution in [2.24, 2.45) is 11.8 Å². The molecule has 0 aromatic carbocycles. The fourth-order valence-electron chi connectivity index (χ4n) is 5.28. The molecule has 37 heavy (non-hydrogen) atoms. The minimum atomic E-state index is -1.41. The van der Waals surface area contributed by atoms with Gasteiger partial charge in [0.15, 0.2) is 5.76 Å². The Morgan fingerprint density at radius 3 is 2.32 bits per heavy atom. The van der Waals surface area contributed by atoms with E-state index in [-0.39, 0.29) is 23.5 Å². The molecule has 0 unspecified atom stereocenters. The zero-order valence-corrected chi connectivity index (χ0v) is 23.3. The van der Waals surface area contributed by atoms with Crippen LogP contribution in [-0.2, 0) is 14.4 Å². The highest BCUT2D eigenvalue weighted by atomic mass is 16.4. The SMILES string of the molecule is C=C(C)[C@@H]1CCC(C)=C[C@H]1C1=C(O)C(=O)C(CCCCCC/C=C(\C)CCC=C(C)C)=C(C(=O)O)C1=O. The van der Waals surface area contributed by atoms with Gasteiger partial charge in [0, 0.05) is 11.5 Å². The van der Waals surface area contributed by atoms with Crippen molar-refractivity contribution < 1.29 is 24.6 Å². The molecule has 2 rings (SSSR count). The van der Waals surface area contributed by atoms with E-state index in [9.17, 15) is 24.6 Å². The molecule has 0 saturated carbocycles. The number of carboxylic acid groups (broad SMARTS) is 1. The highest BCUT2D eigenvalue weighted by molar-refractivity contribution is 6.33. The van der Waals surface area contributed by atoms with Crippen LogP contribution in [-0.4, -0.2) is 27.7 Å². The minimum Gasteiger partial charge on any atom is -0.504 e. The van der Waals surface area contributed by atoms with Gasteiger partial charge in [0.25, 0.3) is 0 Å². The second-order valence-corrected chi connectivity index (χ2v) is 10.9. The zero-order chi connectivity index (χ0) is 27.7. The fourth-order valence-corrected chi connectivity index (χ4v) is 5.28. The molecule has 2 aliphatic carbocycles. The van der Waals surface area contributed by atoms with Crippen LogP contribution in [0.4, 0.5) is 0 Å². The number of unbranched alkanes of at least 4 members (excludes halogenated alkanes) is 4. The monoisotopic (exact) mass is 508 g/mol. The first-order chi connectivity index (χ1) is 17.5. The lowest BCUT2D eigenvalue weighted by Crippen LogP contribution is -2.34. The molecule has 0 saturated heterocycles. The number of hydrogen-bond donors (Lipinski definition) is 2. The van der Waals surface area contributed by atoms with Crippen molar-refractivity contribution in [3.8, 4) is 0 Å². The molecule has 5 nitrogen and oxygen atoms in total. The average molecular weight is 509 g/mol. The molecule has 0 spiro atoms. The van der Waals surface area contributed by atoms with Crippen molar-refractivity contribution in [3.63, 3.8) is 0 Å². The molecule has 5 heteroatoms. The normalized spacial score (nSPS) is 20.8. The Labute approximate surface area is 222 Å². The van der Waals surface area contributed by atoms with Crippen molar-refractivity contribution in [3.05, 3.63) is 69.6 Å². The number of Topliss-reactive ketones (excluding diaryl/α,β-unsaturated/α-hetero) is 2. The lowest BCUT2D eigenvalue weighted by Gasteiger charge is -2.33. The summed E-state index contributed by atoms with van der Waals surface area (Å²) in [5.41, 5.74) is 3.97. The topological polar surface area (TPSA) is 91.7 Å². The third-order valence-electron chi connectivity index (χ3n) is 7.41. The van der Waals surface area contributed by atoms with E-state index in [2.05, 4.69) is 39.5 Å². The second kappa shape index (κ2) is 14.1. The Hall–Kier alpha value is -2.95. The van der Waals surface area contributed by atoms with Crippen LogP contribution < -0.4 is 0 Å². The summed E-state index contributed by atoms with van der Waals surface area (Å²) in [4.78, 5) is 38.6. The number of aliphatic hydroxyl groups excluding tert-OH is 1. The zero-order valence-electron chi connectivity index (χ0n) is 23.3. The lowest BCUT2D eigenvalue weighted by molar-refractivity contribution is -0.135. The van der Waals surface area contributed by atoms with Crippen LogP contribution in [0.2, 0.25) is 0 Å². The van der Waals surface area contributed by atoms with Crippen molar-refractivity contribution in [2.75, 3.05) is 0 Å². The molecule has 2 atom stereocenters. The van der Waals surface area contributed by atoms with Gasteiger partial charge in [-0.2, -0.15) is 0 Å². The summed E-state index contributed by atoms with van der Waals surface area (Å²) >= 11 is 0. The maximum absolute atomic E-state index is 13.4. The fraction of sp³-hybridized carbons (Fsp3) is 0.531. The standard InChI is InChI=1S/C32H44O5/c1-20(2)13-12-15-22(5)14-10-8-7-9-11-16-25-28(32(36)37)30(34)27(31(35)29(25)33)26-19-23(6)17-18-24(26)21(3)4/h13-14,19,24,26,35H,3,7-12,15-18H2,1-2,4-6H3,(H,36,37)/b22-14+/t24-,26+/m0/s1. The minimum absolute atomic E-state index is 0.0721. The van der Waals surface area contributed by atoms with Gasteiger partial charge >= 0.3 is 5.97 Å². The third-order valence-corrected chi connectivity index (χ3v) is 7.41. The van der Waals surface area contributed by atoms with Crippen molar-refractivity contribution >= 4 is 17.5 Å². The molecule has 0 radical (unpaired) electrons. The van der Waals surface area contributed by atoms with E-state index >= 15 is 0 Å². The van der Waals surface area contributed by atoms with E-state index in [0.29, 0.717) is 6.42 Å². The molecular formula is C32H44O5. The maximum atomic E-state index is 13.4. The molecule has 0 aromatic heterocycles. The van der Waals surface area contributed by atoms with Gasteiger partial charge in [-0.3, -0.25) is 9.59 Å². The Bertz CT molecular complexity index is 1070. The van der Waals surface area contributed by atoms with Crippen LogP contribution in [0.25, 0.3) is 0 Å². The van der Waals surface area contributed by atoms with Gasteiger partial charge in [0.05, 0.1) is 5.57 Å². The van der Waals surface area contributed by atoms with Crippen molar-refractivity contribution in [1.82, 2.24) is 0 Å². The van der Waals surface area contributed by atoms with Crippen molar-refractivity contribution in [2.45, 2.75) is 98.8 Å². The predicted molar refractivity (Wildman–Crippen MR) is 149 cm³/mol. The van der Waals surface area contributed by atoms with E-state index in [1.54, 1.807) is 0 Å². The highest BCUT2D eigenvalue weighted by Crippen LogP contribution is 2.41. The number of ketones is 2. The third kappa shape index (κ3) is 8.28. The maximum Gasteiger partial charge on any atom is 0.340 e. The number of hydrogen-bond acceptors (Lipinski definition) is 4. The van der Waals surface area contributed by atoms with Gasteiger partial charge < -0.3 is 10.2 Å². The second-order valence-electron chi connectivity index (χ2n) is 10.9. The van der Waals surface area contributed by atoms with Gasteiger partial charge in [-0.25, -0.2) is 4.79 Å². The van der Waals surface area contributed by atoms with Crippen LogP contribution in [0.1, 0.15) is 98.8 Å². The number of allylic oxidation sites excluding steroid dienone is 9. The Morgan fingerprint density at radius 2 is 1.70 bits per heavy atom. The molecule has 0 aliphatic heterocycles. The molecule has 0 fully saturated rings. The van der Waals surface area contributed by atoms with Crippen LogP contribution in [0, 0.1) is 11.8 Å². The summed E-state index contributed by atoms with van der Waals surface area (Å²) in [6.45, 7) is 14.2. The number of aliphatic carboxylic acids is 1. The first-order valence-corrected chi connectivity index (χ1v) is 13.6. The lowest BCUT2D eigenvalue weighted by atomic mass is 9.70. The largest absolute Gasteiger partial charge is 0.504 e. The summed E-state index contributed by atoms with van der Waals surface area (Å²) < 4.78 is 0. The Balaban J connectivity index is 2.04. The van der Waals surface area contributed by atoms with E-state index in [4.69, 9.17) is 0 Å². The predicted octanol–water partition coefficient (Wildman–Crippen LogP) is 7.91. The number of rotatable bonds is 13. The van der Waals surface area contributed by atoms with E-state index in [0.717, 1.165) is 62.5 Å². The van der Waals surface area contributed by atoms with Gasteiger partial charge in [0.2, 0.25) is 11.6 Å². The van der Waals surface area contributed by atoms with Crippen molar-refractivity contribution in [1.29, 1.82) is 0 Å². The van der Waals surface area contributed by atoms with Gasteiger partial charge in [-0.05, 0) is 91.9 Å². The van der Waals surface area contributed by atoms with Gasteiger partial charge in [0.1, 0.15) is 5.57 Å². The molecule has 0 aromatic rings. The Morgan fingerprint density at radius 1 is 1.03 bits per heavy atom. The number of aliphatic hydroxyl groups is 1. The van der Waals surface area contributed by atoms with E-state index in [1.807, 2.05) is 19.9 Å². The summed E-state index contributed by atoms with van der Waals surface area (Å²) in [7, 11) is 0. The first kappa shape index (κ1) is 30.3. The Kier molecular flexibility index (Phi) is 11.5. The molecule has 202 valence electrons. The molecule has 2 aliphatic rings. The van der Waals surface area contributed by atoms with Gasteiger partial charge in [-0.1, -0.05) is 59.9 Å². The number of carboxylic acids is 1. The summed E-state index contributed by atoms with van der Waals surface area (Å²) in [6, 6.07) is 0. The molecule has 0 amide bonds. The quantitative estimate of drug-likeness (QED) is 0.114. The number of carbonyl (C=O) groups is 3. The molecule has 2 N–H and O–H groups in total.